The molecule has 1 fully saturated rings. The average molecular weight is 412 g/mol. The number of nitrogens with one attached hydrogen (secondary N) is 1. The molecule has 5 nitrogen and oxygen atoms in total. The average Bonchev–Trinajstić information content (AvgIpc) is 2.73. The predicted octanol–water partition coefficient (Wildman–Crippen LogP) is 2.93. The van der Waals surface area contributed by atoms with Crippen LogP contribution < -0.4 is 5.32 Å². The van der Waals surface area contributed by atoms with Crippen molar-refractivity contribution < 1.29 is 9.59 Å². The molecular weight excluding hydrogens is 382 g/mol. The molecule has 154 valence electrons. The lowest BCUT2D eigenvalue weighted by Crippen LogP contribution is -2.47. The van der Waals surface area contributed by atoms with Crippen molar-refractivity contribution in [1.29, 1.82) is 0 Å². The number of piperazine rings is 1. The molecule has 29 heavy (non-hydrogen) atoms. The number of rotatable bonds is 7. The molecule has 1 aliphatic heterocycles. The van der Waals surface area contributed by atoms with Crippen molar-refractivity contribution in [1.82, 2.24) is 15.1 Å². The van der Waals surface area contributed by atoms with Gasteiger partial charge in [0.1, 0.15) is 0 Å². The zero-order chi connectivity index (χ0) is 20.6. The Hall–Kier alpha value is -2.31. The zero-order valence-electron chi connectivity index (χ0n) is 17.2. The van der Waals surface area contributed by atoms with Crippen LogP contribution in [0.25, 0.3) is 0 Å². The first-order valence-electron chi connectivity index (χ1n) is 9.98. The Morgan fingerprint density at radius 3 is 2.41 bits per heavy atom. The fourth-order valence-corrected chi connectivity index (χ4v) is 4.08. The van der Waals surface area contributed by atoms with Gasteiger partial charge in [-0.2, -0.15) is 0 Å². The van der Waals surface area contributed by atoms with Crippen molar-refractivity contribution >= 4 is 23.6 Å². The molecule has 0 aromatic heterocycles. The Labute approximate surface area is 177 Å². The Morgan fingerprint density at radius 2 is 1.72 bits per heavy atom. The Morgan fingerprint density at radius 1 is 1.00 bits per heavy atom. The molecule has 6 heteroatoms. The van der Waals surface area contributed by atoms with E-state index in [0.717, 1.165) is 37.5 Å². The molecule has 0 spiro atoms. The fourth-order valence-electron chi connectivity index (χ4n) is 3.27. The highest BCUT2D eigenvalue weighted by atomic mass is 32.2. The number of amides is 2. The number of thioether (sulfide) groups is 1. The van der Waals surface area contributed by atoms with Crippen molar-refractivity contribution in [3.05, 3.63) is 70.8 Å². The van der Waals surface area contributed by atoms with Gasteiger partial charge in [-0.05, 0) is 37.2 Å². The van der Waals surface area contributed by atoms with E-state index in [1.165, 1.54) is 11.1 Å². The summed E-state index contributed by atoms with van der Waals surface area (Å²) in [6, 6.07) is 15.9. The van der Waals surface area contributed by atoms with Crippen LogP contribution in [0.4, 0.5) is 0 Å². The number of benzene rings is 2. The molecule has 0 bridgehead atoms. The van der Waals surface area contributed by atoms with Gasteiger partial charge in [-0.1, -0.05) is 42.0 Å². The summed E-state index contributed by atoms with van der Waals surface area (Å²) in [5.41, 5.74) is 4.18. The third kappa shape index (κ3) is 6.61. The maximum atomic E-state index is 12.6. The van der Waals surface area contributed by atoms with Gasteiger partial charge in [0, 0.05) is 44.0 Å². The number of nitrogens with zero attached hydrogens (tertiary/aromatic N) is 2. The number of carbonyl (C=O) groups excluding carboxylic acids is 2. The van der Waals surface area contributed by atoms with Crippen molar-refractivity contribution in [2.75, 3.05) is 39.0 Å². The highest BCUT2D eigenvalue weighted by molar-refractivity contribution is 7.99. The summed E-state index contributed by atoms with van der Waals surface area (Å²) in [6.07, 6.45) is 0. The van der Waals surface area contributed by atoms with Gasteiger partial charge in [0.15, 0.2) is 0 Å². The summed E-state index contributed by atoms with van der Waals surface area (Å²) in [5, 5.41) is 2.95. The highest BCUT2D eigenvalue weighted by Gasteiger charge is 2.20. The molecule has 2 aromatic rings. The first-order chi connectivity index (χ1) is 14.0. The summed E-state index contributed by atoms with van der Waals surface area (Å²) >= 11 is 1.61. The van der Waals surface area contributed by atoms with Crippen molar-refractivity contribution in [2.24, 2.45) is 0 Å². The maximum Gasteiger partial charge on any atom is 0.253 e. The van der Waals surface area contributed by atoms with E-state index in [2.05, 4.69) is 42.4 Å². The minimum absolute atomic E-state index is 0.0280. The largest absolute Gasteiger partial charge is 0.351 e. The SMILES string of the molecule is Cc1cccc(CSCC(=O)NCc2ccc(C(=O)N3CCN(C)CC3)cc2)c1. The predicted molar refractivity (Wildman–Crippen MR) is 119 cm³/mol. The Bertz CT molecular complexity index is 830. The second-order valence-electron chi connectivity index (χ2n) is 7.55. The quantitative estimate of drug-likeness (QED) is 0.761. The van der Waals surface area contributed by atoms with Gasteiger partial charge in [-0.25, -0.2) is 0 Å². The second-order valence-corrected chi connectivity index (χ2v) is 8.54. The normalized spacial score (nSPS) is 14.6. The van der Waals surface area contributed by atoms with Crippen molar-refractivity contribution in [2.45, 2.75) is 19.2 Å². The van der Waals surface area contributed by atoms with Crippen LogP contribution in [0.3, 0.4) is 0 Å². The lowest BCUT2D eigenvalue weighted by molar-refractivity contribution is -0.118. The number of hydrogen-bond donors (Lipinski definition) is 1. The summed E-state index contributed by atoms with van der Waals surface area (Å²) in [7, 11) is 2.08. The van der Waals surface area contributed by atoms with Crippen LogP contribution in [-0.4, -0.2) is 60.6 Å². The lowest BCUT2D eigenvalue weighted by atomic mass is 10.1. The number of likely N-dealkylation sites (N-methyl/N-ethyl adjacent to an activating group) is 1. The van der Waals surface area contributed by atoms with Crippen LogP contribution >= 0.6 is 11.8 Å². The number of carbonyl (C=O) groups is 2. The molecule has 1 aliphatic rings. The van der Waals surface area contributed by atoms with E-state index >= 15 is 0 Å². The van der Waals surface area contributed by atoms with Gasteiger partial charge in [0.25, 0.3) is 5.91 Å². The molecule has 2 aromatic carbocycles. The first-order valence-corrected chi connectivity index (χ1v) is 11.1. The molecule has 0 aliphatic carbocycles. The second kappa shape index (κ2) is 10.5. The van der Waals surface area contributed by atoms with E-state index in [4.69, 9.17) is 0 Å². The van der Waals surface area contributed by atoms with Gasteiger partial charge in [0.05, 0.1) is 5.75 Å². The van der Waals surface area contributed by atoms with Crippen LogP contribution in [0.15, 0.2) is 48.5 Å². The smallest absolute Gasteiger partial charge is 0.253 e. The molecule has 2 amide bonds. The van der Waals surface area contributed by atoms with Crippen molar-refractivity contribution in [3.8, 4) is 0 Å². The fraction of sp³-hybridized carbons (Fsp3) is 0.391. The topological polar surface area (TPSA) is 52.7 Å². The van der Waals surface area contributed by atoms with E-state index in [1.54, 1.807) is 11.8 Å². The van der Waals surface area contributed by atoms with Crippen LogP contribution in [-0.2, 0) is 17.1 Å². The lowest BCUT2D eigenvalue weighted by Gasteiger charge is -2.32. The van der Waals surface area contributed by atoms with Crippen LogP contribution in [0.2, 0.25) is 0 Å². The molecule has 0 atom stereocenters. The Kier molecular flexibility index (Phi) is 7.72. The first kappa shape index (κ1) is 21.4. The van der Waals surface area contributed by atoms with Crippen LogP contribution in [0.1, 0.15) is 27.0 Å². The summed E-state index contributed by atoms with van der Waals surface area (Å²) < 4.78 is 0. The van der Waals surface area contributed by atoms with Gasteiger partial charge in [-0.15, -0.1) is 11.8 Å². The molecule has 1 heterocycles. The third-order valence-corrected chi connectivity index (χ3v) is 6.07. The van der Waals surface area contributed by atoms with Crippen molar-refractivity contribution in [3.63, 3.8) is 0 Å². The zero-order valence-corrected chi connectivity index (χ0v) is 18.0. The minimum atomic E-state index is 0.0280. The van der Waals surface area contributed by atoms with Gasteiger partial charge in [-0.3, -0.25) is 9.59 Å². The number of hydrogen-bond acceptors (Lipinski definition) is 4. The highest BCUT2D eigenvalue weighted by Crippen LogP contribution is 2.14. The van der Waals surface area contributed by atoms with Gasteiger partial charge < -0.3 is 15.1 Å². The van der Waals surface area contributed by atoms with Crippen LogP contribution in [0.5, 0.6) is 0 Å². The monoisotopic (exact) mass is 411 g/mol. The van der Waals surface area contributed by atoms with Crippen LogP contribution in [0, 0.1) is 6.92 Å². The molecule has 0 radical (unpaired) electrons. The Balaban J connectivity index is 1.40. The molecule has 1 saturated heterocycles. The molecule has 0 saturated carbocycles. The van der Waals surface area contributed by atoms with E-state index < -0.39 is 0 Å². The van der Waals surface area contributed by atoms with Gasteiger partial charge >= 0.3 is 0 Å². The molecule has 3 rings (SSSR count). The van der Waals surface area contributed by atoms with Gasteiger partial charge in [0.2, 0.25) is 5.91 Å². The molecular formula is C23H29N3O2S. The minimum Gasteiger partial charge on any atom is -0.351 e. The summed E-state index contributed by atoms with van der Waals surface area (Å²) in [4.78, 5) is 28.8. The van der Waals surface area contributed by atoms with E-state index in [0.29, 0.717) is 17.9 Å². The molecule has 0 unspecified atom stereocenters. The summed E-state index contributed by atoms with van der Waals surface area (Å²) in [6.45, 7) is 5.92. The summed E-state index contributed by atoms with van der Waals surface area (Å²) in [5.74, 6) is 1.38. The maximum absolute atomic E-state index is 12.6. The molecule has 1 N–H and O–H groups in total. The number of aryl methyl sites for hydroxylation is 1. The van der Waals surface area contributed by atoms with E-state index in [-0.39, 0.29) is 11.8 Å². The van der Waals surface area contributed by atoms with E-state index in [9.17, 15) is 9.59 Å². The third-order valence-electron chi connectivity index (χ3n) is 5.07. The standard InChI is InChI=1S/C23H29N3O2S/c1-18-4-3-5-20(14-18)16-29-17-22(27)24-15-19-6-8-21(9-7-19)23(28)26-12-10-25(2)11-13-26/h3-9,14H,10-13,15-17H2,1-2H3,(H,24,27). The van der Waals surface area contributed by atoms with E-state index in [1.807, 2.05) is 35.2 Å².